The largest absolute Gasteiger partial charge is 0.0885 e. The van der Waals surface area contributed by atoms with E-state index < -0.39 is 0 Å². The first-order valence-corrected chi connectivity index (χ1v) is 14.6. The van der Waals surface area contributed by atoms with Crippen LogP contribution in [0, 0.1) is 0 Å². The van der Waals surface area contributed by atoms with Crippen LogP contribution < -0.4 is 0 Å². The summed E-state index contributed by atoms with van der Waals surface area (Å²) in [5.74, 6) is 0. The van der Waals surface area contributed by atoms with Crippen LogP contribution in [0.1, 0.15) is 181 Å². The normalized spacial score (nSPS) is 11.7. The fraction of sp³-hybridized carbons (Fsp3) is 0.933. The van der Waals surface area contributed by atoms with E-state index in [0.29, 0.717) is 0 Å². The highest BCUT2D eigenvalue weighted by molar-refractivity contribution is 4.81. The van der Waals surface area contributed by atoms with E-state index in [9.17, 15) is 0 Å². The van der Waals surface area contributed by atoms with Crippen LogP contribution in [0.5, 0.6) is 0 Å². The number of unbranched alkanes of at least 4 members (excludes halogenated alkanes) is 24. The highest BCUT2D eigenvalue weighted by Crippen LogP contribution is 2.14. The summed E-state index contributed by atoms with van der Waals surface area (Å²) < 4.78 is 0. The molecule has 0 fully saturated rings. The Morgan fingerprint density at radius 2 is 0.467 bits per heavy atom. The fourth-order valence-electron chi connectivity index (χ4n) is 4.44. The van der Waals surface area contributed by atoms with Crippen LogP contribution in [0.15, 0.2) is 12.2 Å². The molecule has 0 unspecified atom stereocenters. The number of allylic oxidation sites excluding steroid dienone is 2. The smallest absolute Gasteiger partial charge is 0.0351 e. The first kappa shape index (κ1) is 29.7. The SMILES string of the molecule is CCCCCCCCCCCCC/C=C/CCCCCCCCCCCCCCC. The molecule has 0 heterocycles. The van der Waals surface area contributed by atoms with Crippen LogP contribution in [-0.4, -0.2) is 0 Å². The summed E-state index contributed by atoms with van der Waals surface area (Å²) >= 11 is 0. The Kier molecular flexibility index (Phi) is 28.5. The molecule has 0 heteroatoms. The van der Waals surface area contributed by atoms with Crippen molar-refractivity contribution in [3.8, 4) is 0 Å². The molecular formula is C30H60. The minimum absolute atomic E-state index is 1.31. The maximum atomic E-state index is 2.45. The van der Waals surface area contributed by atoms with Crippen LogP contribution in [0.2, 0.25) is 0 Å². The van der Waals surface area contributed by atoms with Gasteiger partial charge in [-0.3, -0.25) is 0 Å². The second kappa shape index (κ2) is 28.7. The molecule has 0 aliphatic rings. The standard InChI is InChI=1S/C30H60/c1-3-5-7-9-11-13-15-17-19-21-23-25-27-29-30-28-26-24-22-20-18-16-14-12-10-8-6-4-2/h27,29H,3-26,28,30H2,1-2H3/b29-27+. The van der Waals surface area contributed by atoms with Crippen molar-refractivity contribution in [2.75, 3.05) is 0 Å². The quantitative estimate of drug-likeness (QED) is 0.0963. The molecule has 0 aromatic carbocycles. The fourth-order valence-corrected chi connectivity index (χ4v) is 4.44. The van der Waals surface area contributed by atoms with E-state index >= 15 is 0 Å². The van der Waals surface area contributed by atoms with E-state index in [1.165, 1.54) is 167 Å². The van der Waals surface area contributed by atoms with Gasteiger partial charge < -0.3 is 0 Å². The zero-order valence-electron chi connectivity index (χ0n) is 21.5. The molecule has 30 heavy (non-hydrogen) atoms. The first-order chi connectivity index (χ1) is 14.9. The average molecular weight is 421 g/mol. The van der Waals surface area contributed by atoms with Gasteiger partial charge in [0, 0.05) is 0 Å². The predicted molar refractivity (Wildman–Crippen MR) is 141 cm³/mol. The summed E-state index contributed by atoms with van der Waals surface area (Å²) in [4.78, 5) is 0. The molecule has 0 aliphatic heterocycles. The minimum Gasteiger partial charge on any atom is -0.0885 e. The van der Waals surface area contributed by atoms with Gasteiger partial charge in [0.2, 0.25) is 0 Å². The Labute approximate surface area is 193 Å². The van der Waals surface area contributed by atoms with Crippen LogP contribution in [0.4, 0.5) is 0 Å². The summed E-state index contributed by atoms with van der Waals surface area (Å²) in [5, 5.41) is 0. The molecule has 0 atom stereocenters. The van der Waals surface area contributed by atoms with Gasteiger partial charge >= 0.3 is 0 Å². The molecule has 0 aliphatic carbocycles. The van der Waals surface area contributed by atoms with Gasteiger partial charge in [-0.15, -0.1) is 0 Å². The van der Waals surface area contributed by atoms with Crippen molar-refractivity contribution in [1.82, 2.24) is 0 Å². The van der Waals surface area contributed by atoms with Gasteiger partial charge in [-0.2, -0.15) is 0 Å². The van der Waals surface area contributed by atoms with E-state index in [1.807, 2.05) is 0 Å². The Balaban J connectivity index is 3.06. The van der Waals surface area contributed by atoms with Gasteiger partial charge in [0.05, 0.1) is 0 Å². The zero-order valence-corrected chi connectivity index (χ0v) is 21.5. The van der Waals surface area contributed by atoms with Crippen molar-refractivity contribution in [3.05, 3.63) is 12.2 Å². The van der Waals surface area contributed by atoms with E-state index in [4.69, 9.17) is 0 Å². The molecular weight excluding hydrogens is 360 g/mol. The number of rotatable bonds is 26. The Hall–Kier alpha value is -0.260. The maximum absolute atomic E-state index is 2.45. The van der Waals surface area contributed by atoms with E-state index in [1.54, 1.807) is 0 Å². The molecule has 0 aromatic heterocycles. The lowest BCUT2D eigenvalue weighted by Crippen LogP contribution is -1.83. The Morgan fingerprint density at radius 3 is 0.700 bits per heavy atom. The molecule has 0 saturated heterocycles. The highest BCUT2D eigenvalue weighted by Gasteiger charge is 1.94. The molecule has 0 rings (SSSR count). The molecule has 0 bridgehead atoms. The number of hydrogen-bond acceptors (Lipinski definition) is 0. The van der Waals surface area contributed by atoms with Gasteiger partial charge in [-0.05, 0) is 25.7 Å². The summed E-state index contributed by atoms with van der Waals surface area (Å²) in [6.45, 7) is 4.60. The average Bonchev–Trinajstić information content (AvgIpc) is 2.76. The second-order valence-electron chi connectivity index (χ2n) is 9.83. The van der Waals surface area contributed by atoms with Crippen LogP contribution >= 0.6 is 0 Å². The van der Waals surface area contributed by atoms with E-state index in [-0.39, 0.29) is 0 Å². The highest BCUT2D eigenvalue weighted by atomic mass is 14.0. The predicted octanol–water partition coefficient (Wildman–Crippen LogP) is 11.7. The number of hydrogen-bond donors (Lipinski definition) is 0. The lowest BCUT2D eigenvalue weighted by Gasteiger charge is -2.02. The molecule has 0 N–H and O–H groups in total. The van der Waals surface area contributed by atoms with Gasteiger partial charge in [-0.1, -0.05) is 167 Å². The van der Waals surface area contributed by atoms with Crippen molar-refractivity contribution in [3.63, 3.8) is 0 Å². The van der Waals surface area contributed by atoms with Gasteiger partial charge in [0.1, 0.15) is 0 Å². The van der Waals surface area contributed by atoms with Crippen molar-refractivity contribution in [1.29, 1.82) is 0 Å². The van der Waals surface area contributed by atoms with E-state index in [2.05, 4.69) is 26.0 Å². The maximum Gasteiger partial charge on any atom is -0.0351 e. The first-order valence-electron chi connectivity index (χ1n) is 14.6. The van der Waals surface area contributed by atoms with Crippen LogP contribution in [0.25, 0.3) is 0 Å². The lowest BCUT2D eigenvalue weighted by molar-refractivity contribution is 0.540. The third-order valence-electron chi connectivity index (χ3n) is 6.62. The zero-order chi connectivity index (χ0) is 21.8. The summed E-state index contributed by atoms with van der Waals surface area (Å²) in [5.41, 5.74) is 0. The van der Waals surface area contributed by atoms with Gasteiger partial charge in [-0.25, -0.2) is 0 Å². The van der Waals surface area contributed by atoms with E-state index in [0.717, 1.165) is 0 Å². The van der Waals surface area contributed by atoms with Crippen molar-refractivity contribution in [2.45, 2.75) is 181 Å². The van der Waals surface area contributed by atoms with Gasteiger partial charge in [0.15, 0.2) is 0 Å². The molecule has 0 radical (unpaired) electrons. The summed E-state index contributed by atoms with van der Waals surface area (Å²) in [7, 11) is 0. The molecule has 180 valence electrons. The summed E-state index contributed by atoms with van der Waals surface area (Å²) in [6.07, 6.45) is 42.4. The third-order valence-corrected chi connectivity index (χ3v) is 6.62. The molecule has 0 aromatic rings. The third kappa shape index (κ3) is 27.7. The van der Waals surface area contributed by atoms with Crippen LogP contribution in [-0.2, 0) is 0 Å². The molecule has 0 amide bonds. The second-order valence-corrected chi connectivity index (χ2v) is 9.83. The molecule has 0 spiro atoms. The van der Waals surface area contributed by atoms with Crippen molar-refractivity contribution < 1.29 is 0 Å². The lowest BCUT2D eigenvalue weighted by atomic mass is 10.0. The van der Waals surface area contributed by atoms with Crippen LogP contribution in [0.3, 0.4) is 0 Å². The Morgan fingerprint density at radius 1 is 0.267 bits per heavy atom. The Bertz CT molecular complexity index is 303. The van der Waals surface area contributed by atoms with Gasteiger partial charge in [0.25, 0.3) is 0 Å². The molecule has 0 saturated carbocycles. The monoisotopic (exact) mass is 420 g/mol. The molecule has 0 nitrogen and oxygen atoms in total. The topological polar surface area (TPSA) is 0 Å². The van der Waals surface area contributed by atoms with Crippen molar-refractivity contribution >= 4 is 0 Å². The van der Waals surface area contributed by atoms with Crippen molar-refractivity contribution in [2.24, 2.45) is 0 Å². The minimum atomic E-state index is 1.31. The summed E-state index contributed by atoms with van der Waals surface area (Å²) in [6, 6.07) is 0.